The van der Waals surface area contributed by atoms with Crippen LogP contribution in [0.1, 0.15) is 27.2 Å². The topological polar surface area (TPSA) is 71.1 Å². The van der Waals surface area contributed by atoms with Gasteiger partial charge in [0.05, 0.1) is 26.4 Å². The Morgan fingerprint density at radius 1 is 1.14 bits per heavy atom. The Labute approximate surface area is 124 Å². The molecule has 1 fully saturated rings. The molecule has 0 N–H and O–H groups in total. The molecule has 1 unspecified atom stereocenters. The molecule has 0 saturated carbocycles. The summed E-state index contributed by atoms with van der Waals surface area (Å²) in [6.07, 6.45) is 4.11. The molecule has 0 bridgehead atoms. The predicted molar refractivity (Wildman–Crippen MR) is 73.3 cm³/mol. The van der Waals surface area contributed by atoms with Gasteiger partial charge in [-0.15, -0.1) is 0 Å². The Hall–Kier alpha value is -1.40. The Balaban J connectivity index is 2.49. The van der Waals surface area contributed by atoms with E-state index in [0.29, 0.717) is 19.6 Å². The van der Waals surface area contributed by atoms with E-state index >= 15 is 0 Å². The summed E-state index contributed by atoms with van der Waals surface area (Å²) >= 11 is 0. The van der Waals surface area contributed by atoms with Gasteiger partial charge in [-0.2, -0.15) is 0 Å². The highest BCUT2D eigenvalue weighted by atomic mass is 16.7. The Morgan fingerprint density at radius 2 is 1.67 bits per heavy atom. The third kappa shape index (κ3) is 2.26. The zero-order valence-corrected chi connectivity index (χ0v) is 12.7. The molecular formula is C15H22O6. The average molecular weight is 298 g/mol. The quantitative estimate of drug-likeness (QED) is 0.444. The van der Waals surface area contributed by atoms with Crippen molar-refractivity contribution < 1.29 is 28.5 Å². The lowest BCUT2D eigenvalue weighted by molar-refractivity contribution is -0.291. The number of ether oxygens (including phenoxy) is 4. The second kappa shape index (κ2) is 6.15. The first-order chi connectivity index (χ1) is 10.0. The fraction of sp³-hybridized carbons (Fsp3) is 0.733. The summed E-state index contributed by atoms with van der Waals surface area (Å²) in [4.78, 5) is 25.3. The monoisotopic (exact) mass is 298 g/mol. The van der Waals surface area contributed by atoms with Crippen molar-refractivity contribution in [2.24, 2.45) is 11.3 Å². The van der Waals surface area contributed by atoms with Crippen LogP contribution in [0.25, 0.3) is 0 Å². The van der Waals surface area contributed by atoms with E-state index < -0.39 is 29.1 Å². The van der Waals surface area contributed by atoms with E-state index in [2.05, 4.69) is 0 Å². The van der Waals surface area contributed by atoms with Crippen LogP contribution in [0.5, 0.6) is 0 Å². The zero-order chi connectivity index (χ0) is 15.5. The van der Waals surface area contributed by atoms with Crippen LogP contribution >= 0.6 is 0 Å². The first kappa shape index (κ1) is 16.0. The lowest BCUT2D eigenvalue weighted by Crippen LogP contribution is -2.62. The van der Waals surface area contributed by atoms with Gasteiger partial charge in [-0.1, -0.05) is 13.0 Å². The molecule has 1 spiro atoms. The van der Waals surface area contributed by atoms with Crippen LogP contribution in [0, 0.1) is 11.3 Å². The Kier molecular flexibility index (Phi) is 4.68. The largest absolute Gasteiger partial charge is 0.465 e. The molecule has 1 heterocycles. The molecule has 1 saturated heterocycles. The predicted octanol–water partition coefficient (Wildman–Crippen LogP) is 1.44. The van der Waals surface area contributed by atoms with Crippen LogP contribution in [0.2, 0.25) is 0 Å². The van der Waals surface area contributed by atoms with Crippen molar-refractivity contribution in [1.29, 1.82) is 0 Å². The van der Waals surface area contributed by atoms with Crippen molar-refractivity contribution in [3.05, 3.63) is 12.2 Å². The van der Waals surface area contributed by atoms with E-state index in [4.69, 9.17) is 18.9 Å². The van der Waals surface area contributed by atoms with Crippen LogP contribution in [-0.2, 0) is 28.5 Å². The summed E-state index contributed by atoms with van der Waals surface area (Å²) in [5.41, 5.74) is -1.64. The average Bonchev–Trinajstić information content (AvgIpc) is 2.74. The van der Waals surface area contributed by atoms with E-state index in [1.54, 1.807) is 32.9 Å². The minimum atomic E-state index is -1.64. The molecule has 0 amide bonds. The minimum absolute atomic E-state index is 0.169. The maximum atomic E-state index is 12.6. The van der Waals surface area contributed by atoms with Crippen LogP contribution in [-0.4, -0.2) is 44.2 Å². The summed E-state index contributed by atoms with van der Waals surface area (Å²) in [5.74, 6) is -3.19. The fourth-order valence-electron chi connectivity index (χ4n) is 2.97. The number of esters is 2. The Bertz CT molecular complexity index is 417. The van der Waals surface area contributed by atoms with Crippen LogP contribution in [0.3, 0.4) is 0 Å². The maximum absolute atomic E-state index is 12.6. The highest BCUT2D eigenvalue weighted by Gasteiger charge is 2.70. The number of rotatable bonds is 4. The van der Waals surface area contributed by atoms with E-state index in [0.717, 1.165) is 0 Å². The number of hydrogen-bond acceptors (Lipinski definition) is 6. The van der Waals surface area contributed by atoms with Crippen molar-refractivity contribution >= 4 is 11.9 Å². The van der Waals surface area contributed by atoms with Gasteiger partial charge in [-0.05, 0) is 26.3 Å². The van der Waals surface area contributed by atoms with Crippen LogP contribution < -0.4 is 0 Å². The van der Waals surface area contributed by atoms with E-state index in [1.165, 1.54) is 0 Å². The van der Waals surface area contributed by atoms with Crippen molar-refractivity contribution in [1.82, 2.24) is 0 Å². The number of carbonyl (C=O) groups excluding carboxylic acids is 2. The van der Waals surface area contributed by atoms with Crippen molar-refractivity contribution in [3.8, 4) is 0 Å². The van der Waals surface area contributed by atoms with E-state index in [-0.39, 0.29) is 13.2 Å². The summed E-state index contributed by atoms with van der Waals surface area (Å²) in [6, 6.07) is 0. The van der Waals surface area contributed by atoms with Gasteiger partial charge in [0.2, 0.25) is 11.2 Å². The molecule has 2 aliphatic rings. The molecule has 2 rings (SSSR count). The third-order valence-electron chi connectivity index (χ3n) is 3.95. The smallest absolute Gasteiger partial charge is 0.330 e. The van der Waals surface area contributed by atoms with Gasteiger partial charge in [0.1, 0.15) is 0 Å². The number of hydrogen-bond donors (Lipinski definition) is 0. The lowest BCUT2D eigenvalue weighted by Gasteiger charge is -2.44. The highest BCUT2D eigenvalue weighted by molar-refractivity contribution is 6.03. The SMILES string of the molecule is CCOC(=O)C1(C(=O)OCC)C(C)C=CC12OCCCO2. The molecule has 6 nitrogen and oxygen atoms in total. The molecule has 118 valence electrons. The van der Waals surface area contributed by atoms with Gasteiger partial charge < -0.3 is 18.9 Å². The van der Waals surface area contributed by atoms with Gasteiger partial charge in [0.25, 0.3) is 0 Å². The molecule has 0 aromatic rings. The minimum Gasteiger partial charge on any atom is -0.465 e. The first-order valence-electron chi connectivity index (χ1n) is 7.37. The van der Waals surface area contributed by atoms with Crippen LogP contribution in [0.15, 0.2) is 12.2 Å². The lowest BCUT2D eigenvalue weighted by atomic mass is 9.73. The van der Waals surface area contributed by atoms with Crippen molar-refractivity contribution in [2.45, 2.75) is 33.0 Å². The first-order valence-corrected chi connectivity index (χ1v) is 7.37. The molecule has 21 heavy (non-hydrogen) atoms. The molecule has 1 aliphatic carbocycles. The standard InChI is InChI=1S/C15H22O6/c1-4-18-12(16)15(13(17)19-5-2)11(3)7-8-14(15)20-9-6-10-21-14/h7-8,11H,4-6,9-10H2,1-3H3. The normalized spacial score (nSPS) is 25.8. The second-order valence-electron chi connectivity index (χ2n) is 5.11. The fourth-order valence-corrected chi connectivity index (χ4v) is 2.97. The van der Waals surface area contributed by atoms with E-state index in [1.807, 2.05) is 0 Å². The highest BCUT2D eigenvalue weighted by Crippen LogP contribution is 2.52. The van der Waals surface area contributed by atoms with Crippen molar-refractivity contribution in [2.75, 3.05) is 26.4 Å². The van der Waals surface area contributed by atoms with Gasteiger partial charge in [-0.25, -0.2) is 0 Å². The molecule has 1 aliphatic heterocycles. The maximum Gasteiger partial charge on any atom is 0.330 e. The summed E-state index contributed by atoms with van der Waals surface area (Å²) in [7, 11) is 0. The van der Waals surface area contributed by atoms with E-state index in [9.17, 15) is 9.59 Å². The van der Waals surface area contributed by atoms with Gasteiger partial charge in [0.15, 0.2) is 0 Å². The number of carbonyl (C=O) groups is 2. The van der Waals surface area contributed by atoms with Gasteiger partial charge >= 0.3 is 11.9 Å². The summed E-state index contributed by atoms with van der Waals surface area (Å²) in [6.45, 7) is 6.32. The van der Waals surface area contributed by atoms with Crippen molar-refractivity contribution in [3.63, 3.8) is 0 Å². The summed E-state index contributed by atoms with van der Waals surface area (Å²) in [5, 5.41) is 0. The molecular weight excluding hydrogens is 276 g/mol. The second-order valence-corrected chi connectivity index (χ2v) is 5.11. The van der Waals surface area contributed by atoms with Gasteiger partial charge in [0, 0.05) is 5.92 Å². The third-order valence-corrected chi connectivity index (χ3v) is 3.95. The molecule has 0 aromatic carbocycles. The Morgan fingerprint density at radius 3 is 2.14 bits per heavy atom. The number of allylic oxidation sites excluding steroid dienone is 1. The molecule has 0 aromatic heterocycles. The molecule has 0 radical (unpaired) electrons. The van der Waals surface area contributed by atoms with Crippen LogP contribution in [0.4, 0.5) is 0 Å². The summed E-state index contributed by atoms with van der Waals surface area (Å²) < 4.78 is 21.8. The zero-order valence-electron chi connectivity index (χ0n) is 12.7. The van der Waals surface area contributed by atoms with Gasteiger partial charge in [-0.3, -0.25) is 9.59 Å². The molecule has 1 atom stereocenters. The molecule has 6 heteroatoms.